The number of hydrogen-bond acceptors (Lipinski definition) is 6. The van der Waals surface area contributed by atoms with Crippen LogP contribution in [0.5, 0.6) is 5.75 Å². The minimum atomic E-state index is -2.93. The van der Waals surface area contributed by atoms with E-state index in [0.29, 0.717) is 36.0 Å². The van der Waals surface area contributed by atoms with Gasteiger partial charge in [0.15, 0.2) is 6.61 Å². The first-order chi connectivity index (χ1) is 15.4. The molecule has 0 saturated carbocycles. The largest absolute Gasteiger partial charge is 0.484 e. The molecule has 9 heteroatoms. The molecule has 1 amide bonds. The van der Waals surface area contributed by atoms with Gasteiger partial charge in [-0.15, -0.1) is 0 Å². The van der Waals surface area contributed by atoms with E-state index in [2.05, 4.69) is 10.3 Å². The molecule has 1 atom stereocenters. The lowest BCUT2D eigenvalue weighted by atomic mass is 10.0. The quantitative estimate of drug-likeness (QED) is 0.766. The first kappa shape index (κ1) is 21.1. The molecule has 32 heavy (non-hydrogen) atoms. The molecule has 7 nitrogen and oxygen atoms in total. The molecule has 0 bridgehead atoms. The second-order valence-corrected chi connectivity index (χ2v) is 8.68. The highest BCUT2D eigenvalue weighted by molar-refractivity contribution is 5.78. The van der Waals surface area contributed by atoms with Crippen LogP contribution in [0.2, 0.25) is 0 Å². The molecular weight excluding hydrogens is 416 g/mol. The Labute approximate surface area is 185 Å². The van der Waals surface area contributed by atoms with Crippen LogP contribution in [0.15, 0.2) is 24.3 Å². The van der Waals surface area contributed by atoms with Gasteiger partial charge in [-0.1, -0.05) is 0 Å². The van der Waals surface area contributed by atoms with E-state index in [-0.39, 0.29) is 37.1 Å². The Balaban J connectivity index is 1.36. The normalized spacial score (nSPS) is 21.8. The number of ether oxygens (including phenoxy) is 1. The molecule has 0 radical (unpaired) electrons. The van der Waals surface area contributed by atoms with Crippen molar-refractivity contribution < 1.29 is 18.3 Å². The molecule has 0 spiro atoms. The van der Waals surface area contributed by atoms with Crippen LogP contribution in [0, 0.1) is 0 Å². The molecule has 0 unspecified atom stereocenters. The number of hydrogen-bond donors (Lipinski definition) is 1. The summed E-state index contributed by atoms with van der Waals surface area (Å²) in [5, 5.41) is 3.21. The summed E-state index contributed by atoms with van der Waals surface area (Å²) < 4.78 is 34.7. The predicted molar refractivity (Wildman–Crippen MR) is 116 cm³/mol. The van der Waals surface area contributed by atoms with Gasteiger partial charge in [0.25, 0.3) is 11.8 Å². The highest BCUT2D eigenvalue weighted by Gasteiger charge is 2.44. The number of piperazine rings is 1. The van der Waals surface area contributed by atoms with Gasteiger partial charge in [0, 0.05) is 56.3 Å². The molecule has 3 aliphatic rings. The van der Waals surface area contributed by atoms with Gasteiger partial charge in [0.1, 0.15) is 11.4 Å². The Morgan fingerprint density at radius 3 is 2.59 bits per heavy atom. The second kappa shape index (κ2) is 8.27. The van der Waals surface area contributed by atoms with Crippen molar-refractivity contribution in [3.8, 4) is 17.0 Å². The summed E-state index contributed by atoms with van der Waals surface area (Å²) in [6.45, 7) is 5.75. The van der Waals surface area contributed by atoms with E-state index in [1.165, 1.54) is 0 Å². The number of carbonyl (C=O) groups excluding carboxylic acids is 1. The lowest BCUT2D eigenvalue weighted by Crippen LogP contribution is -2.47. The number of anilines is 1. The lowest BCUT2D eigenvalue weighted by Gasteiger charge is -2.39. The Morgan fingerprint density at radius 1 is 1.19 bits per heavy atom. The number of carbonyl (C=O) groups is 1. The first-order valence-corrected chi connectivity index (χ1v) is 11.2. The van der Waals surface area contributed by atoms with Crippen LogP contribution in [0.25, 0.3) is 11.3 Å². The molecule has 1 aromatic heterocycles. The van der Waals surface area contributed by atoms with E-state index < -0.39 is 5.92 Å². The van der Waals surface area contributed by atoms with Gasteiger partial charge in [-0.25, -0.2) is 9.97 Å². The van der Waals surface area contributed by atoms with Crippen LogP contribution in [0.1, 0.15) is 31.0 Å². The van der Waals surface area contributed by atoms with Gasteiger partial charge in [-0.2, -0.15) is 8.78 Å². The number of amides is 1. The Hall–Kier alpha value is -2.81. The Kier molecular flexibility index (Phi) is 5.44. The van der Waals surface area contributed by atoms with E-state index >= 15 is 0 Å². The topological polar surface area (TPSA) is 70.6 Å². The van der Waals surface area contributed by atoms with E-state index in [0.717, 1.165) is 31.6 Å². The van der Waals surface area contributed by atoms with E-state index in [1.54, 1.807) is 17.0 Å². The van der Waals surface area contributed by atoms with Gasteiger partial charge < -0.3 is 19.9 Å². The summed E-state index contributed by atoms with van der Waals surface area (Å²) in [6.07, 6.45) is 1.02. The maximum absolute atomic E-state index is 14.5. The van der Waals surface area contributed by atoms with Crippen LogP contribution in [0.3, 0.4) is 0 Å². The Morgan fingerprint density at radius 2 is 1.94 bits per heavy atom. The molecular formula is C23H27F2N5O2. The fourth-order valence-corrected chi connectivity index (χ4v) is 4.45. The monoisotopic (exact) mass is 443 g/mol. The maximum atomic E-state index is 14.5. The summed E-state index contributed by atoms with van der Waals surface area (Å²) in [5.74, 6) is -2.03. The smallest absolute Gasteiger partial charge is 0.290 e. The fourth-order valence-electron chi connectivity index (χ4n) is 4.45. The van der Waals surface area contributed by atoms with Crippen molar-refractivity contribution in [3.63, 3.8) is 0 Å². The predicted octanol–water partition coefficient (Wildman–Crippen LogP) is 2.59. The molecule has 1 aromatic carbocycles. The van der Waals surface area contributed by atoms with Crippen LogP contribution in [0.4, 0.5) is 14.7 Å². The van der Waals surface area contributed by atoms with Gasteiger partial charge >= 0.3 is 0 Å². The fraction of sp³-hybridized carbons (Fsp3) is 0.522. The summed E-state index contributed by atoms with van der Waals surface area (Å²) in [4.78, 5) is 25.0. The third-order valence-corrected chi connectivity index (χ3v) is 6.57. The number of aromatic nitrogens is 2. The summed E-state index contributed by atoms with van der Waals surface area (Å²) in [5.41, 5.74) is 1.69. The number of nitrogens with zero attached hydrogens (tertiary/aromatic N) is 4. The number of nitrogens with one attached hydrogen (secondary N) is 1. The van der Waals surface area contributed by atoms with Crippen molar-refractivity contribution in [2.24, 2.45) is 0 Å². The van der Waals surface area contributed by atoms with Gasteiger partial charge in [-0.3, -0.25) is 4.79 Å². The van der Waals surface area contributed by atoms with Crippen LogP contribution < -0.4 is 15.0 Å². The minimum Gasteiger partial charge on any atom is -0.484 e. The van der Waals surface area contributed by atoms with Crippen LogP contribution in [-0.2, 0) is 17.1 Å². The highest BCUT2D eigenvalue weighted by Crippen LogP contribution is 2.45. The number of benzene rings is 1. The molecule has 1 aliphatic carbocycles. The number of rotatable bonds is 5. The zero-order chi connectivity index (χ0) is 22.3. The average Bonchev–Trinajstić information content (AvgIpc) is 3.11. The molecule has 2 aliphatic heterocycles. The maximum Gasteiger partial charge on any atom is 0.290 e. The summed E-state index contributed by atoms with van der Waals surface area (Å²) in [7, 11) is 0. The van der Waals surface area contributed by atoms with Crippen molar-refractivity contribution in [3.05, 3.63) is 35.5 Å². The number of fused-ring (bicyclic) bond motifs is 1. The standard InChI is InChI=1S/C23H27F2N5O2/c1-15-7-11-30(15)22-27-20(18-6-8-23(24,25)21(18)28-22)16-2-4-17(5-3-16)32-14-19(31)29-12-9-26-10-13-29/h2-5,15,26H,6-14H2,1H3/t15-/m0/s1. The lowest BCUT2D eigenvalue weighted by molar-refractivity contribution is -0.133. The number of alkyl halides is 2. The van der Waals surface area contributed by atoms with E-state index in [4.69, 9.17) is 9.72 Å². The molecule has 2 saturated heterocycles. The molecule has 2 aromatic rings. The minimum absolute atomic E-state index is 0.0224. The second-order valence-electron chi connectivity index (χ2n) is 8.68. The van der Waals surface area contributed by atoms with Crippen molar-refractivity contribution in [1.29, 1.82) is 0 Å². The van der Waals surface area contributed by atoms with Gasteiger partial charge in [0.05, 0.1) is 5.69 Å². The van der Waals surface area contributed by atoms with E-state index in [1.807, 2.05) is 24.0 Å². The average molecular weight is 443 g/mol. The van der Waals surface area contributed by atoms with Crippen molar-refractivity contribution in [1.82, 2.24) is 20.2 Å². The zero-order valence-corrected chi connectivity index (χ0v) is 18.1. The van der Waals surface area contributed by atoms with E-state index in [9.17, 15) is 13.6 Å². The van der Waals surface area contributed by atoms with Crippen molar-refractivity contribution in [2.45, 2.75) is 38.2 Å². The van der Waals surface area contributed by atoms with Crippen LogP contribution >= 0.6 is 0 Å². The molecule has 3 heterocycles. The molecule has 1 N–H and O–H groups in total. The molecule has 170 valence electrons. The first-order valence-electron chi connectivity index (χ1n) is 11.2. The summed E-state index contributed by atoms with van der Waals surface area (Å²) >= 11 is 0. The SMILES string of the molecule is C[C@H]1CCN1c1nc(-c2ccc(OCC(=O)N3CCNCC3)cc2)c2c(n1)C(F)(F)CC2. The molecule has 2 fully saturated rings. The highest BCUT2D eigenvalue weighted by atomic mass is 19.3. The number of halogens is 2. The summed E-state index contributed by atoms with van der Waals surface area (Å²) in [6, 6.07) is 7.39. The van der Waals surface area contributed by atoms with Gasteiger partial charge in [0.2, 0.25) is 5.95 Å². The van der Waals surface area contributed by atoms with Crippen molar-refractivity contribution in [2.75, 3.05) is 44.2 Å². The van der Waals surface area contributed by atoms with Crippen LogP contribution in [-0.4, -0.2) is 66.1 Å². The van der Waals surface area contributed by atoms with Gasteiger partial charge in [-0.05, 0) is 44.0 Å². The third-order valence-electron chi connectivity index (χ3n) is 6.57. The molecule has 5 rings (SSSR count). The Bertz CT molecular complexity index is 1010. The zero-order valence-electron chi connectivity index (χ0n) is 18.1. The van der Waals surface area contributed by atoms with Crippen molar-refractivity contribution >= 4 is 11.9 Å². The third kappa shape index (κ3) is 3.90.